The van der Waals surface area contributed by atoms with Crippen LogP contribution in [0, 0.1) is 6.92 Å². The molecule has 0 bridgehead atoms. The number of benzene rings is 1. The Morgan fingerprint density at radius 1 is 1.16 bits per heavy atom. The van der Waals surface area contributed by atoms with E-state index < -0.39 is 0 Å². The zero-order chi connectivity index (χ0) is 17.2. The van der Waals surface area contributed by atoms with E-state index in [-0.39, 0.29) is 5.91 Å². The number of hydrogen-bond acceptors (Lipinski definition) is 4. The Morgan fingerprint density at radius 3 is 2.76 bits per heavy atom. The Bertz CT molecular complexity index is 897. The predicted molar refractivity (Wildman–Crippen MR) is 99.2 cm³/mol. The lowest BCUT2D eigenvalue weighted by atomic mass is 10.1. The summed E-state index contributed by atoms with van der Waals surface area (Å²) < 4.78 is 5.13. The number of rotatable bonds is 3. The minimum atomic E-state index is -0.250. The number of nitrogens with zero attached hydrogens (tertiary/aromatic N) is 2. The van der Waals surface area contributed by atoms with Gasteiger partial charge in [0.25, 0.3) is 5.91 Å². The first kappa shape index (κ1) is 15.7. The van der Waals surface area contributed by atoms with Crippen molar-refractivity contribution in [2.45, 2.75) is 26.2 Å². The maximum atomic E-state index is 12.1. The lowest BCUT2D eigenvalue weighted by Crippen LogP contribution is -2.30. The van der Waals surface area contributed by atoms with Gasteiger partial charge in [0.2, 0.25) is 0 Å². The van der Waals surface area contributed by atoms with E-state index in [0.717, 1.165) is 35.5 Å². The fourth-order valence-electron chi connectivity index (χ4n) is 3.34. The van der Waals surface area contributed by atoms with E-state index in [2.05, 4.69) is 23.2 Å². The van der Waals surface area contributed by atoms with Crippen LogP contribution in [0.4, 0.5) is 11.5 Å². The number of aryl methyl sites for hydroxylation is 1. The van der Waals surface area contributed by atoms with Gasteiger partial charge in [0.15, 0.2) is 5.76 Å². The average molecular weight is 335 g/mol. The number of carbonyl (C=O) groups is 1. The van der Waals surface area contributed by atoms with Crippen LogP contribution in [0.5, 0.6) is 0 Å². The maximum absolute atomic E-state index is 12.1. The highest BCUT2D eigenvalue weighted by molar-refractivity contribution is 6.03. The fraction of sp³-hybridized carbons (Fsp3) is 0.300. The molecule has 1 aliphatic rings. The molecule has 25 heavy (non-hydrogen) atoms. The molecule has 1 aliphatic heterocycles. The molecule has 0 aliphatic carbocycles. The summed E-state index contributed by atoms with van der Waals surface area (Å²) >= 11 is 0. The van der Waals surface area contributed by atoms with E-state index in [1.54, 1.807) is 12.1 Å². The van der Waals surface area contributed by atoms with Crippen molar-refractivity contribution in [3.05, 3.63) is 54.0 Å². The number of piperidine rings is 1. The summed E-state index contributed by atoms with van der Waals surface area (Å²) in [4.78, 5) is 19.3. The Balaban J connectivity index is 1.62. The zero-order valence-electron chi connectivity index (χ0n) is 14.3. The van der Waals surface area contributed by atoms with E-state index in [4.69, 9.17) is 9.40 Å². The van der Waals surface area contributed by atoms with Crippen molar-refractivity contribution in [2.24, 2.45) is 0 Å². The largest absolute Gasteiger partial charge is 0.459 e. The number of furan rings is 1. The van der Waals surface area contributed by atoms with Gasteiger partial charge < -0.3 is 14.6 Å². The normalized spacial score (nSPS) is 14.7. The van der Waals surface area contributed by atoms with Gasteiger partial charge in [0.1, 0.15) is 5.82 Å². The lowest BCUT2D eigenvalue weighted by molar-refractivity contribution is 0.0996. The number of hydrogen-bond donors (Lipinski definition) is 1. The van der Waals surface area contributed by atoms with Crippen LogP contribution >= 0.6 is 0 Å². The molecule has 1 fully saturated rings. The standard InChI is InChI=1S/C20H21N3O2/c1-14-12-19(23-9-3-2-4-10-23)22-17-8-7-15(13-16(14)17)21-20(24)18-6-5-11-25-18/h5-8,11-13H,2-4,9-10H2,1H3,(H,21,24). The Kier molecular flexibility index (Phi) is 4.14. The zero-order valence-corrected chi connectivity index (χ0v) is 14.3. The van der Waals surface area contributed by atoms with Crippen LogP contribution in [0.25, 0.3) is 10.9 Å². The van der Waals surface area contributed by atoms with Crippen LogP contribution in [0.1, 0.15) is 35.4 Å². The topological polar surface area (TPSA) is 58.4 Å². The summed E-state index contributed by atoms with van der Waals surface area (Å²) in [5.74, 6) is 1.10. The van der Waals surface area contributed by atoms with Crippen molar-refractivity contribution in [1.82, 2.24) is 4.98 Å². The Morgan fingerprint density at radius 2 is 2.00 bits per heavy atom. The minimum absolute atomic E-state index is 0.250. The van der Waals surface area contributed by atoms with Crippen molar-refractivity contribution in [3.63, 3.8) is 0 Å². The highest BCUT2D eigenvalue weighted by Gasteiger charge is 2.14. The van der Waals surface area contributed by atoms with Gasteiger partial charge in [-0.2, -0.15) is 0 Å². The van der Waals surface area contributed by atoms with Gasteiger partial charge in [-0.3, -0.25) is 4.79 Å². The first-order valence-corrected chi connectivity index (χ1v) is 8.72. The highest BCUT2D eigenvalue weighted by Crippen LogP contribution is 2.27. The van der Waals surface area contributed by atoms with E-state index in [0.29, 0.717) is 5.76 Å². The monoisotopic (exact) mass is 335 g/mol. The molecule has 5 heteroatoms. The van der Waals surface area contributed by atoms with Crippen molar-refractivity contribution < 1.29 is 9.21 Å². The molecule has 0 unspecified atom stereocenters. The first-order chi connectivity index (χ1) is 12.2. The SMILES string of the molecule is Cc1cc(N2CCCCC2)nc2ccc(NC(=O)c3ccco3)cc12. The number of fused-ring (bicyclic) bond motifs is 1. The van der Waals surface area contributed by atoms with Crippen LogP contribution in [-0.2, 0) is 0 Å². The molecule has 0 atom stereocenters. The van der Waals surface area contributed by atoms with Gasteiger partial charge in [0.05, 0.1) is 11.8 Å². The molecule has 5 nitrogen and oxygen atoms in total. The van der Waals surface area contributed by atoms with Crippen LogP contribution in [-0.4, -0.2) is 24.0 Å². The molecular formula is C20H21N3O2. The van der Waals surface area contributed by atoms with Crippen molar-refractivity contribution in [3.8, 4) is 0 Å². The quantitative estimate of drug-likeness (QED) is 0.772. The first-order valence-electron chi connectivity index (χ1n) is 8.72. The molecule has 0 spiro atoms. The van der Waals surface area contributed by atoms with Gasteiger partial charge in [0, 0.05) is 24.2 Å². The van der Waals surface area contributed by atoms with Crippen LogP contribution in [0.2, 0.25) is 0 Å². The number of nitrogens with one attached hydrogen (secondary N) is 1. The van der Waals surface area contributed by atoms with Crippen LogP contribution in [0.15, 0.2) is 47.1 Å². The summed E-state index contributed by atoms with van der Waals surface area (Å²) in [7, 11) is 0. The van der Waals surface area contributed by atoms with E-state index in [1.165, 1.54) is 31.1 Å². The molecule has 2 aromatic heterocycles. The second-order valence-corrected chi connectivity index (χ2v) is 6.51. The van der Waals surface area contributed by atoms with E-state index in [9.17, 15) is 4.79 Å². The van der Waals surface area contributed by atoms with Crippen molar-refractivity contribution in [1.29, 1.82) is 0 Å². The number of pyridine rings is 1. The van der Waals surface area contributed by atoms with Gasteiger partial charge in [-0.1, -0.05) is 0 Å². The van der Waals surface area contributed by atoms with E-state index >= 15 is 0 Å². The molecule has 128 valence electrons. The molecule has 3 heterocycles. The van der Waals surface area contributed by atoms with Crippen molar-refractivity contribution in [2.75, 3.05) is 23.3 Å². The molecule has 1 saturated heterocycles. The van der Waals surface area contributed by atoms with Crippen LogP contribution < -0.4 is 10.2 Å². The molecule has 1 aromatic carbocycles. The smallest absolute Gasteiger partial charge is 0.291 e. The van der Waals surface area contributed by atoms with E-state index in [1.807, 2.05) is 18.2 Å². The average Bonchev–Trinajstić information content (AvgIpc) is 3.18. The molecule has 1 N–H and O–H groups in total. The summed E-state index contributed by atoms with van der Waals surface area (Å²) in [6, 6.07) is 11.3. The Hall–Kier alpha value is -2.82. The van der Waals surface area contributed by atoms with Crippen LogP contribution in [0.3, 0.4) is 0 Å². The molecule has 4 rings (SSSR count). The van der Waals surface area contributed by atoms with Gasteiger partial charge in [-0.25, -0.2) is 4.98 Å². The Labute approximate surface area is 146 Å². The third kappa shape index (κ3) is 3.22. The van der Waals surface area contributed by atoms with Crippen molar-refractivity contribution >= 4 is 28.3 Å². The summed E-state index contributed by atoms with van der Waals surface area (Å²) in [5, 5.41) is 3.92. The number of aromatic nitrogens is 1. The number of anilines is 2. The third-order valence-electron chi connectivity index (χ3n) is 4.68. The molecule has 0 saturated carbocycles. The minimum Gasteiger partial charge on any atom is -0.459 e. The maximum Gasteiger partial charge on any atom is 0.291 e. The molecule has 0 radical (unpaired) electrons. The second-order valence-electron chi connectivity index (χ2n) is 6.51. The third-order valence-corrected chi connectivity index (χ3v) is 4.68. The predicted octanol–water partition coefficient (Wildman–Crippen LogP) is 4.38. The lowest BCUT2D eigenvalue weighted by Gasteiger charge is -2.28. The fourth-order valence-corrected chi connectivity index (χ4v) is 3.34. The molecule has 1 amide bonds. The second kappa shape index (κ2) is 6.59. The van der Waals surface area contributed by atoms with Gasteiger partial charge in [-0.05, 0) is 68.1 Å². The molecular weight excluding hydrogens is 314 g/mol. The number of carbonyl (C=O) groups excluding carboxylic acids is 1. The summed E-state index contributed by atoms with van der Waals surface area (Å²) in [5.41, 5.74) is 2.86. The van der Waals surface area contributed by atoms with Gasteiger partial charge in [-0.15, -0.1) is 0 Å². The summed E-state index contributed by atoms with van der Waals surface area (Å²) in [6.07, 6.45) is 5.26. The van der Waals surface area contributed by atoms with Gasteiger partial charge >= 0.3 is 0 Å². The highest BCUT2D eigenvalue weighted by atomic mass is 16.3. The number of amides is 1. The molecule has 3 aromatic rings. The summed E-state index contributed by atoms with van der Waals surface area (Å²) in [6.45, 7) is 4.25.